The van der Waals surface area contributed by atoms with Crippen LogP contribution in [0.3, 0.4) is 0 Å². The molecule has 0 aliphatic carbocycles. The predicted molar refractivity (Wildman–Crippen MR) is 67.6 cm³/mol. The molecule has 0 amide bonds. The minimum atomic E-state index is -1.06. The van der Waals surface area contributed by atoms with Gasteiger partial charge < -0.3 is 14.6 Å². The largest absolute Gasteiger partial charge is 0.475 e. The molecule has 2 rings (SSSR count). The van der Waals surface area contributed by atoms with Crippen LogP contribution in [0, 0.1) is 0 Å². The van der Waals surface area contributed by atoms with Crippen LogP contribution in [0.1, 0.15) is 21.9 Å². The molecule has 18 heavy (non-hydrogen) atoms. The summed E-state index contributed by atoms with van der Waals surface area (Å²) in [7, 11) is 0. The highest BCUT2D eigenvalue weighted by atomic mass is 32.2. The van der Waals surface area contributed by atoms with Crippen molar-refractivity contribution in [3.8, 4) is 0 Å². The van der Waals surface area contributed by atoms with E-state index in [-0.39, 0.29) is 12.4 Å². The summed E-state index contributed by atoms with van der Waals surface area (Å²) in [5.41, 5.74) is 0.866. The molecule has 0 unspecified atom stereocenters. The molecule has 0 bridgehead atoms. The fourth-order valence-corrected chi connectivity index (χ4v) is 2.21. The number of carbonyl (C=O) groups is 1. The van der Waals surface area contributed by atoms with Gasteiger partial charge in [-0.3, -0.25) is 0 Å². The molecule has 2 N–H and O–H groups in total. The molecule has 0 saturated heterocycles. The number of thioether (sulfide) groups is 1. The molecule has 0 atom stereocenters. The van der Waals surface area contributed by atoms with Crippen molar-refractivity contribution in [2.75, 3.05) is 0 Å². The Morgan fingerprint density at radius 3 is 2.44 bits per heavy atom. The zero-order valence-electron chi connectivity index (χ0n) is 9.50. The van der Waals surface area contributed by atoms with Gasteiger partial charge in [0.15, 0.2) is 0 Å². The van der Waals surface area contributed by atoms with E-state index in [0.717, 1.165) is 10.5 Å². The maximum absolute atomic E-state index is 10.6. The SMILES string of the molecule is O=C(O)c1ccc(CSc2ccc(CO)cc2)o1. The number of carboxylic acids is 1. The van der Waals surface area contributed by atoms with E-state index >= 15 is 0 Å². The van der Waals surface area contributed by atoms with E-state index in [1.807, 2.05) is 24.3 Å². The van der Waals surface area contributed by atoms with Gasteiger partial charge in [0.25, 0.3) is 0 Å². The number of benzene rings is 1. The number of furan rings is 1. The lowest BCUT2D eigenvalue weighted by atomic mass is 10.2. The molecular formula is C13H12O4S. The zero-order valence-corrected chi connectivity index (χ0v) is 10.3. The summed E-state index contributed by atoms with van der Waals surface area (Å²) in [6, 6.07) is 10.7. The third-order valence-corrected chi connectivity index (χ3v) is 3.39. The topological polar surface area (TPSA) is 70.7 Å². The predicted octanol–water partition coefficient (Wildman–Crippen LogP) is 2.76. The van der Waals surface area contributed by atoms with Crippen molar-refractivity contribution >= 4 is 17.7 Å². The molecule has 0 aliphatic heterocycles. The fourth-order valence-electron chi connectivity index (χ4n) is 1.42. The summed E-state index contributed by atoms with van der Waals surface area (Å²) in [4.78, 5) is 11.7. The number of carboxylic acid groups (broad SMARTS) is 1. The quantitative estimate of drug-likeness (QED) is 0.812. The van der Waals surface area contributed by atoms with Gasteiger partial charge in [-0.2, -0.15) is 0 Å². The highest BCUT2D eigenvalue weighted by molar-refractivity contribution is 7.98. The molecule has 1 aromatic carbocycles. The number of aromatic carboxylic acids is 1. The average molecular weight is 264 g/mol. The first-order valence-electron chi connectivity index (χ1n) is 5.33. The fraction of sp³-hybridized carbons (Fsp3) is 0.154. The average Bonchev–Trinajstić information content (AvgIpc) is 2.86. The summed E-state index contributed by atoms with van der Waals surface area (Å²) >= 11 is 1.55. The van der Waals surface area contributed by atoms with Crippen LogP contribution in [0.2, 0.25) is 0 Å². The second kappa shape index (κ2) is 5.75. The number of hydrogen-bond acceptors (Lipinski definition) is 4. The Morgan fingerprint density at radius 2 is 1.89 bits per heavy atom. The van der Waals surface area contributed by atoms with Crippen molar-refractivity contribution in [1.82, 2.24) is 0 Å². The number of aliphatic hydroxyl groups excluding tert-OH is 1. The molecule has 0 radical (unpaired) electrons. The Labute approximate surface area is 108 Å². The highest BCUT2D eigenvalue weighted by Gasteiger charge is 2.08. The minimum absolute atomic E-state index is 0.0328. The summed E-state index contributed by atoms with van der Waals surface area (Å²) in [5.74, 6) is 0.106. The van der Waals surface area contributed by atoms with Crippen molar-refractivity contribution in [3.63, 3.8) is 0 Å². The van der Waals surface area contributed by atoms with E-state index in [9.17, 15) is 4.79 Å². The molecule has 94 valence electrons. The third kappa shape index (κ3) is 3.15. The van der Waals surface area contributed by atoms with Gasteiger partial charge >= 0.3 is 5.97 Å². The van der Waals surface area contributed by atoms with Crippen molar-refractivity contribution in [3.05, 3.63) is 53.5 Å². The molecule has 5 heteroatoms. The first-order valence-corrected chi connectivity index (χ1v) is 6.32. The molecule has 0 aliphatic rings. The van der Waals surface area contributed by atoms with Crippen LogP contribution in [0.4, 0.5) is 0 Å². The van der Waals surface area contributed by atoms with Gasteiger partial charge in [-0.25, -0.2) is 4.79 Å². The minimum Gasteiger partial charge on any atom is -0.475 e. The molecule has 0 fully saturated rings. The van der Waals surface area contributed by atoms with Gasteiger partial charge in [0, 0.05) is 4.90 Å². The van der Waals surface area contributed by atoms with Crippen LogP contribution in [0.25, 0.3) is 0 Å². The molecule has 1 aromatic heterocycles. The molecular weight excluding hydrogens is 252 g/mol. The Balaban J connectivity index is 1.95. The molecule has 1 heterocycles. The number of aliphatic hydroxyl groups is 1. The monoisotopic (exact) mass is 264 g/mol. The first-order chi connectivity index (χ1) is 8.69. The van der Waals surface area contributed by atoms with Crippen LogP contribution in [-0.4, -0.2) is 16.2 Å². The van der Waals surface area contributed by atoms with Gasteiger partial charge in [-0.15, -0.1) is 11.8 Å². The van der Waals surface area contributed by atoms with Crippen LogP contribution in [0.5, 0.6) is 0 Å². The summed E-state index contributed by atoms with van der Waals surface area (Å²) in [5, 5.41) is 17.6. The smallest absolute Gasteiger partial charge is 0.371 e. The molecule has 0 saturated carbocycles. The second-order valence-electron chi connectivity index (χ2n) is 3.66. The summed E-state index contributed by atoms with van der Waals surface area (Å²) in [6.45, 7) is 0.0328. The lowest BCUT2D eigenvalue weighted by molar-refractivity contribution is 0.0661. The third-order valence-electron chi connectivity index (χ3n) is 2.36. The Bertz CT molecular complexity index is 530. The van der Waals surface area contributed by atoms with E-state index < -0.39 is 5.97 Å². The van der Waals surface area contributed by atoms with Crippen molar-refractivity contribution in [2.45, 2.75) is 17.3 Å². The highest BCUT2D eigenvalue weighted by Crippen LogP contribution is 2.24. The Kier molecular flexibility index (Phi) is 4.07. The van der Waals surface area contributed by atoms with E-state index in [1.54, 1.807) is 17.8 Å². The van der Waals surface area contributed by atoms with E-state index in [4.69, 9.17) is 14.6 Å². The summed E-state index contributed by atoms with van der Waals surface area (Å²) in [6.07, 6.45) is 0. The van der Waals surface area contributed by atoms with Crippen LogP contribution >= 0.6 is 11.8 Å². The van der Waals surface area contributed by atoms with Crippen molar-refractivity contribution < 1.29 is 19.4 Å². The normalized spacial score (nSPS) is 10.5. The van der Waals surface area contributed by atoms with Crippen LogP contribution in [0.15, 0.2) is 45.7 Å². The van der Waals surface area contributed by atoms with Gasteiger partial charge in [0.2, 0.25) is 5.76 Å². The van der Waals surface area contributed by atoms with Crippen LogP contribution < -0.4 is 0 Å². The molecule has 4 nitrogen and oxygen atoms in total. The van der Waals surface area contributed by atoms with Crippen molar-refractivity contribution in [2.24, 2.45) is 0 Å². The van der Waals surface area contributed by atoms with E-state index in [1.165, 1.54) is 6.07 Å². The molecule has 0 spiro atoms. The maximum Gasteiger partial charge on any atom is 0.371 e. The first kappa shape index (κ1) is 12.7. The summed E-state index contributed by atoms with van der Waals surface area (Å²) < 4.78 is 5.15. The van der Waals surface area contributed by atoms with E-state index in [2.05, 4.69) is 0 Å². The number of hydrogen-bond donors (Lipinski definition) is 2. The standard InChI is InChI=1S/C13H12O4S/c14-7-9-1-4-11(5-2-9)18-8-10-3-6-12(17-10)13(15)16/h1-6,14H,7-8H2,(H,15,16). The Hall–Kier alpha value is -1.72. The lowest BCUT2D eigenvalue weighted by Gasteiger charge is -2.01. The van der Waals surface area contributed by atoms with Crippen molar-refractivity contribution in [1.29, 1.82) is 0 Å². The van der Waals surface area contributed by atoms with E-state index in [0.29, 0.717) is 11.5 Å². The van der Waals surface area contributed by atoms with Crippen LogP contribution in [-0.2, 0) is 12.4 Å². The maximum atomic E-state index is 10.6. The lowest BCUT2D eigenvalue weighted by Crippen LogP contribution is -1.91. The van der Waals surface area contributed by atoms with Gasteiger partial charge in [0.1, 0.15) is 5.76 Å². The van der Waals surface area contributed by atoms with Gasteiger partial charge in [-0.05, 0) is 29.8 Å². The zero-order chi connectivity index (χ0) is 13.0. The molecule has 2 aromatic rings. The number of rotatable bonds is 5. The second-order valence-corrected chi connectivity index (χ2v) is 4.71. The van der Waals surface area contributed by atoms with Gasteiger partial charge in [-0.1, -0.05) is 12.1 Å². The van der Waals surface area contributed by atoms with Gasteiger partial charge in [0.05, 0.1) is 12.4 Å². The Morgan fingerprint density at radius 1 is 1.17 bits per heavy atom.